The Labute approximate surface area is 161 Å². The molecule has 140 valence electrons. The Morgan fingerprint density at radius 1 is 1.15 bits per heavy atom. The van der Waals surface area contributed by atoms with Crippen molar-refractivity contribution in [3.8, 4) is 0 Å². The van der Waals surface area contributed by atoms with Crippen molar-refractivity contribution >= 4 is 17.4 Å². The van der Waals surface area contributed by atoms with Crippen LogP contribution in [0.2, 0.25) is 5.02 Å². The van der Waals surface area contributed by atoms with Crippen molar-refractivity contribution in [1.82, 2.24) is 0 Å². The Morgan fingerprint density at radius 3 is 2.46 bits per heavy atom. The average molecular weight is 374 g/mol. The number of Topliss-reactive ketones (excluding diaryl/α,β-unsaturated/α-hetero) is 1. The van der Waals surface area contributed by atoms with Crippen molar-refractivity contribution in [3.63, 3.8) is 0 Å². The molecule has 0 aliphatic rings. The molecule has 4 heteroatoms. The van der Waals surface area contributed by atoms with Crippen LogP contribution in [0.25, 0.3) is 0 Å². The van der Waals surface area contributed by atoms with E-state index in [1.807, 2.05) is 26.0 Å². The van der Waals surface area contributed by atoms with Gasteiger partial charge < -0.3 is 10.5 Å². The van der Waals surface area contributed by atoms with Gasteiger partial charge in [0.25, 0.3) is 0 Å². The van der Waals surface area contributed by atoms with Crippen LogP contribution in [0.5, 0.6) is 0 Å². The van der Waals surface area contributed by atoms with E-state index in [0.29, 0.717) is 30.2 Å². The summed E-state index contributed by atoms with van der Waals surface area (Å²) >= 11 is 6.30. The number of carbonyl (C=O) groups excluding carboxylic acids is 1. The average Bonchev–Trinajstić information content (AvgIpc) is 2.57. The minimum Gasteiger partial charge on any atom is -0.375 e. The molecule has 0 aliphatic carbocycles. The van der Waals surface area contributed by atoms with Gasteiger partial charge in [0.05, 0.1) is 13.2 Å². The fourth-order valence-corrected chi connectivity index (χ4v) is 2.85. The van der Waals surface area contributed by atoms with Gasteiger partial charge in [-0.25, -0.2) is 0 Å². The number of hydrogen-bond acceptors (Lipinski definition) is 3. The van der Waals surface area contributed by atoms with Crippen LogP contribution in [-0.2, 0) is 17.8 Å². The number of nitrogens with two attached hydrogens (primary N) is 1. The highest BCUT2D eigenvalue weighted by Gasteiger charge is 2.12. The van der Waals surface area contributed by atoms with Crippen LogP contribution < -0.4 is 5.73 Å². The van der Waals surface area contributed by atoms with Crippen molar-refractivity contribution in [2.75, 3.05) is 6.61 Å². The summed E-state index contributed by atoms with van der Waals surface area (Å²) in [6.45, 7) is 6.73. The molecule has 0 bridgehead atoms. The molecule has 0 atom stereocenters. The van der Waals surface area contributed by atoms with Crippen molar-refractivity contribution < 1.29 is 9.53 Å². The summed E-state index contributed by atoms with van der Waals surface area (Å²) in [5.74, 6) is 0.120. The molecule has 0 heterocycles. The second-order valence-electron chi connectivity index (χ2n) is 7.55. The van der Waals surface area contributed by atoms with Gasteiger partial charge in [-0.05, 0) is 50.8 Å². The van der Waals surface area contributed by atoms with E-state index in [1.165, 1.54) is 11.1 Å². The quantitative estimate of drug-likeness (QED) is 0.621. The van der Waals surface area contributed by atoms with E-state index in [2.05, 4.69) is 31.2 Å². The predicted octanol–water partition coefficient (Wildman–Crippen LogP) is 5.11. The maximum absolute atomic E-state index is 12.4. The fourth-order valence-electron chi connectivity index (χ4n) is 2.61. The smallest absolute Gasteiger partial charge is 0.162 e. The van der Waals surface area contributed by atoms with Crippen molar-refractivity contribution in [2.45, 2.75) is 52.2 Å². The van der Waals surface area contributed by atoms with Crippen LogP contribution in [-0.4, -0.2) is 17.9 Å². The summed E-state index contributed by atoms with van der Waals surface area (Å²) in [5.41, 5.74) is 9.55. The highest BCUT2D eigenvalue weighted by molar-refractivity contribution is 6.31. The summed E-state index contributed by atoms with van der Waals surface area (Å²) in [6, 6.07) is 13.9. The normalized spacial score (nSPS) is 11.6. The van der Waals surface area contributed by atoms with E-state index in [0.717, 1.165) is 18.4 Å². The van der Waals surface area contributed by atoms with Gasteiger partial charge in [0, 0.05) is 22.5 Å². The van der Waals surface area contributed by atoms with Crippen LogP contribution in [0.15, 0.2) is 42.5 Å². The molecule has 2 aromatic carbocycles. The first kappa shape index (κ1) is 20.6. The molecule has 2 N–H and O–H groups in total. The number of ether oxygens (including phenoxy) is 1. The van der Waals surface area contributed by atoms with Crippen LogP contribution in [0.3, 0.4) is 0 Å². The van der Waals surface area contributed by atoms with Gasteiger partial charge in [-0.2, -0.15) is 0 Å². The van der Waals surface area contributed by atoms with E-state index >= 15 is 0 Å². The molecule has 2 aromatic rings. The molecule has 0 unspecified atom stereocenters. The molecule has 0 saturated carbocycles. The van der Waals surface area contributed by atoms with E-state index in [4.69, 9.17) is 22.1 Å². The molecular formula is C22H28ClNO2. The van der Waals surface area contributed by atoms with Crippen LogP contribution >= 0.6 is 11.6 Å². The summed E-state index contributed by atoms with van der Waals surface area (Å²) in [4.78, 5) is 12.4. The lowest BCUT2D eigenvalue weighted by Gasteiger charge is -2.18. The highest BCUT2D eigenvalue weighted by atomic mass is 35.5. The number of aryl methyl sites for hydroxylation is 2. The van der Waals surface area contributed by atoms with E-state index < -0.39 is 0 Å². The first-order chi connectivity index (χ1) is 12.2. The third-order valence-electron chi connectivity index (χ3n) is 4.10. The molecule has 0 aliphatic heterocycles. The topological polar surface area (TPSA) is 52.3 Å². The molecule has 2 rings (SSSR count). The van der Waals surface area contributed by atoms with Gasteiger partial charge in [-0.15, -0.1) is 0 Å². The minimum absolute atomic E-state index is 0.120. The number of carbonyl (C=O) groups is 1. The molecular weight excluding hydrogens is 346 g/mol. The standard InChI is InChI=1S/C22H28ClNO2/c1-16-7-9-17(10-8-16)5-4-6-21(25)18-11-12-19(20(23)13-18)14-26-15-22(2,3)24/h7-13H,4-6,14-15,24H2,1-3H3. The van der Waals surface area contributed by atoms with Gasteiger partial charge in [-0.1, -0.05) is 53.6 Å². The summed E-state index contributed by atoms with van der Waals surface area (Å²) in [7, 11) is 0. The number of ketones is 1. The van der Waals surface area contributed by atoms with Crippen molar-refractivity contribution in [2.24, 2.45) is 5.73 Å². The van der Waals surface area contributed by atoms with E-state index in [9.17, 15) is 4.79 Å². The largest absolute Gasteiger partial charge is 0.375 e. The molecule has 0 aromatic heterocycles. The molecule has 26 heavy (non-hydrogen) atoms. The van der Waals surface area contributed by atoms with Crippen molar-refractivity contribution in [3.05, 3.63) is 69.7 Å². The Balaban J connectivity index is 1.85. The molecule has 0 saturated heterocycles. The lowest BCUT2D eigenvalue weighted by molar-refractivity contribution is 0.0851. The Hall–Kier alpha value is -1.68. The van der Waals surface area contributed by atoms with Gasteiger partial charge >= 0.3 is 0 Å². The zero-order chi connectivity index (χ0) is 19.2. The minimum atomic E-state index is -0.375. The second-order valence-corrected chi connectivity index (χ2v) is 7.96. The summed E-state index contributed by atoms with van der Waals surface area (Å²) in [6.07, 6.45) is 2.25. The lowest BCUT2D eigenvalue weighted by Crippen LogP contribution is -2.37. The third-order valence-corrected chi connectivity index (χ3v) is 4.45. The first-order valence-electron chi connectivity index (χ1n) is 8.98. The monoisotopic (exact) mass is 373 g/mol. The Bertz CT molecular complexity index is 733. The second kappa shape index (κ2) is 9.31. The van der Waals surface area contributed by atoms with E-state index in [1.54, 1.807) is 6.07 Å². The molecule has 0 spiro atoms. The first-order valence-corrected chi connectivity index (χ1v) is 9.36. The Morgan fingerprint density at radius 2 is 1.85 bits per heavy atom. The van der Waals surface area contributed by atoms with E-state index in [-0.39, 0.29) is 11.3 Å². The molecule has 3 nitrogen and oxygen atoms in total. The number of hydrogen-bond donors (Lipinski definition) is 1. The van der Waals surface area contributed by atoms with Gasteiger partial charge in [0.1, 0.15) is 0 Å². The highest BCUT2D eigenvalue weighted by Crippen LogP contribution is 2.21. The SMILES string of the molecule is Cc1ccc(CCCC(=O)c2ccc(COCC(C)(C)N)c(Cl)c2)cc1. The maximum Gasteiger partial charge on any atom is 0.162 e. The predicted molar refractivity (Wildman–Crippen MR) is 108 cm³/mol. The third kappa shape index (κ3) is 6.91. The number of halogens is 1. The maximum atomic E-state index is 12.4. The van der Waals surface area contributed by atoms with Crippen LogP contribution in [0.1, 0.15) is 53.7 Å². The van der Waals surface area contributed by atoms with Crippen LogP contribution in [0, 0.1) is 6.92 Å². The number of benzene rings is 2. The zero-order valence-electron chi connectivity index (χ0n) is 15.8. The van der Waals surface area contributed by atoms with Crippen LogP contribution in [0.4, 0.5) is 0 Å². The van der Waals surface area contributed by atoms with Gasteiger partial charge in [-0.3, -0.25) is 4.79 Å². The van der Waals surface area contributed by atoms with Gasteiger partial charge in [0.15, 0.2) is 5.78 Å². The molecule has 0 fully saturated rings. The molecule has 0 radical (unpaired) electrons. The number of rotatable bonds is 9. The summed E-state index contributed by atoms with van der Waals surface area (Å²) in [5, 5.41) is 0.559. The fraction of sp³-hybridized carbons (Fsp3) is 0.409. The zero-order valence-corrected chi connectivity index (χ0v) is 16.6. The Kier molecular flexibility index (Phi) is 7.39. The lowest BCUT2D eigenvalue weighted by atomic mass is 10.0. The summed E-state index contributed by atoms with van der Waals surface area (Å²) < 4.78 is 5.59. The molecule has 0 amide bonds. The van der Waals surface area contributed by atoms with Crippen molar-refractivity contribution in [1.29, 1.82) is 0 Å². The van der Waals surface area contributed by atoms with Gasteiger partial charge in [0.2, 0.25) is 0 Å².